The largest absolute Gasteiger partial charge is 0.293 e. The maximum absolute atomic E-state index is 11.9. The lowest BCUT2D eigenvalue weighted by Gasteiger charge is -2.01. The molecular weight excluding hydrogens is 234 g/mol. The average Bonchev–Trinajstić information content (AvgIpc) is 2.40. The molecule has 4 heteroatoms. The molecule has 0 aliphatic heterocycles. The Morgan fingerprint density at radius 2 is 1.71 bits per heavy atom. The van der Waals surface area contributed by atoms with E-state index in [2.05, 4.69) is 4.98 Å². The predicted molar refractivity (Wildman–Crippen MR) is 66.3 cm³/mol. The number of nitrogens with zero attached hydrogens (tertiary/aromatic N) is 1. The molecule has 0 aliphatic carbocycles. The Morgan fingerprint density at radius 1 is 1.06 bits per heavy atom. The third-order valence-electron chi connectivity index (χ3n) is 2.27. The second-order valence-corrected chi connectivity index (χ2v) is 4.91. The molecule has 2 rings (SSSR count). The van der Waals surface area contributed by atoms with Crippen LogP contribution in [0.15, 0.2) is 59.8 Å². The lowest BCUT2D eigenvalue weighted by molar-refractivity contribution is 0.102. The first-order valence-electron chi connectivity index (χ1n) is 5.14. The van der Waals surface area contributed by atoms with Gasteiger partial charge >= 0.3 is 0 Å². The van der Waals surface area contributed by atoms with Crippen molar-refractivity contribution in [2.45, 2.75) is 4.90 Å². The van der Waals surface area contributed by atoms with Gasteiger partial charge in [-0.15, -0.1) is 0 Å². The molecule has 86 valence electrons. The molecule has 2 aromatic rings. The van der Waals surface area contributed by atoms with Gasteiger partial charge in [0.05, 0.1) is 16.6 Å². The average molecular weight is 245 g/mol. The van der Waals surface area contributed by atoms with Gasteiger partial charge in [-0.3, -0.25) is 14.0 Å². The predicted octanol–water partition coefficient (Wildman–Crippen LogP) is 2.07. The fraction of sp³-hybridized carbons (Fsp3) is 0.0769. The fourth-order valence-electron chi connectivity index (χ4n) is 1.40. The van der Waals surface area contributed by atoms with E-state index in [0.29, 0.717) is 10.5 Å². The van der Waals surface area contributed by atoms with Crippen LogP contribution in [0.5, 0.6) is 0 Å². The molecule has 0 aliphatic rings. The van der Waals surface area contributed by atoms with Crippen LogP contribution in [-0.2, 0) is 10.8 Å². The first kappa shape index (κ1) is 11.7. The van der Waals surface area contributed by atoms with Crippen LogP contribution < -0.4 is 0 Å². The highest BCUT2D eigenvalue weighted by molar-refractivity contribution is 7.85. The lowest BCUT2D eigenvalue weighted by Crippen LogP contribution is -2.10. The van der Waals surface area contributed by atoms with Crippen LogP contribution in [0, 0.1) is 0 Å². The Bertz CT molecular complexity index is 476. The summed E-state index contributed by atoms with van der Waals surface area (Å²) in [5.41, 5.74) is 0.593. The van der Waals surface area contributed by atoms with Gasteiger partial charge in [-0.2, -0.15) is 0 Å². The van der Waals surface area contributed by atoms with Gasteiger partial charge in [-0.25, -0.2) is 0 Å². The zero-order valence-electron chi connectivity index (χ0n) is 9.08. The van der Waals surface area contributed by atoms with Crippen molar-refractivity contribution >= 4 is 16.6 Å². The highest BCUT2D eigenvalue weighted by atomic mass is 32.2. The molecule has 0 spiro atoms. The van der Waals surface area contributed by atoms with Crippen molar-refractivity contribution in [2.24, 2.45) is 0 Å². The molecule has 1 unspecified atom stereocenters. The van der Waals surface area contributed by atoms with Crippen LogP contribution in [0.1, 0.15) is 10.4 Å². The summed E-state index contributed by atoms with van der Waals surface area (Å²) >= 11 is 0. The summed E-state index contributed by atoms with van der Waals surface area (Å²) in [7, 11) is -1.30. The van der Waals surface area contributed by atoms with Crippen molar-refractivity contribution < 1.29 is 9.00 Å². The van der Waals surface area contributed by atoms with Crippen LogP contribution in [0.3, 0.4) is 0 Å². The molecule has 1 aromatic carbocycles. The number of Topliss-reactive ketones (excluding diaryl/α,β-unsaturated/α-hetero) is 1. The third-order valence-corrected chi connectivity index (χ3v) is 3.59. The van der Waals surface area contributed by atoms with Crippen molar-refractivity contribution in [1.82, 2.24) is 4.98 Å². The number of rotatable bonds is 4. The molecule has 1 atom stereocenters. The van der Waals surface area contributed by atoms with Gasteiger partial charge in [-0.05, 0) is 12.1 Å². The maximum atomic E-state index is 11.9. The molecule has 0 saturated heterocycles. The number of ketones is 1. The van der Waals surface area contributed by atoms with Crippen molar-refractivity contribution in [1.29, 1.82) is 0 Å². The smallest absolute Gasteiger partial charge is 0.175 e. The Kier molecular flexibility index (Phi) is 3.77. The van der Waals surface area contributed by atoms with E-state index in [1.807, 2.05) is 6.07 Å². The van der Waals surface area contributed by atoms with Gasteiger partial charge in [0.25, 0.3) is 0 Å². The Hall–Kier alpha value is -1.81. The summed E-state index contributed by atoms with van der Waals surface area (Å²) in [6.07, 6.45) is 3.14. The zero-order valence-corrected chi connectivity index (χ0v) is 9.89. The molecule has 0 saturated carbocycles. The van der Waals surface area contributed by atoms with Crippen LogP contribution in [0.2, 0.25) is 0 Å². The highest BCUT2D eigenvalue weighted by Crippen LogP contribution is 2.07. The fourth-order valence-corrected chi connectivity index (χ4v) is 2.40. The van der Waals surface area contributed by atoms with E-state index in [0.717, 1.165) is 0 Å². The van der Waals surface area contributed by atoms with E-state index >= 15 is 0 Å². The van der Waals surface area contributed by atoms with E-state index in [1.165, 1.54) is 0 Å². The number of hydrogen-bond donors (Lipinski definition) is 0. The normalized spacial score (nSPS) is 12.0. The van der Waals surface area contributed by atoms with E-state index in [4.69, 9.17) is 0 Å². The van der Waals surface area contributed by atoms with Gasteiger partial charge in [0.1, 0.15) is 0 Å². The first-order chi connectivity index (χ1) is 8.27. The standard InChI is InChI=1S/C13H11NO2S/c15-13(11-4-2-1-3-5-11)10-17(16)12-6-8-14-9-7-12/h1-9H,10H2. The molecular formula is C13H11NO2S. The van der Waals surface area contributed by atoms with Gasteiger partial charge in [-0.1, -0.05) is 30.3 Å². The minimum atomic E-state index is -1.30. The molecule has 1 heterocycles. The van der Waals surface area contributed by atoms with Crippen molar-refractivity contribution in [3.63, 3.8) is 0 Å². The summed E-state index contributed by atoms with van der Waals surface area (Å²) in [5.74, 6) is -0.102. The monoisotopic (exact) mass is 245 g/mol. The molecule has 0 radical (unpaired) electrons. The summed E-state index contributed by atoms with van der Waals surface area (Å²) in [6.45, 7) is 0. The zero-order chi connectivity index (χ0) is 12.1. The van der Waals surface area contributed by atoms with Gasteiger partial charge in [0.2, 0.25) is 0 Å². The first-order valence-corrected chi connectivity index (χ1v) is 6.46. The molecule has 0 fully saturated rings. The summed E-state index contributed by atoms with van der Waals surface area (Å²) < 4.78 is 11.9. The van der Waals surface area contributed by atoms with Crippen molar-refractivity contribution in [3.05, 3.63) is 60.4 Å². The van der Waals surface area contributed by atoms with E-state index < -0.39 is 10.8 Å². The van der Waals surface area contributed by atoms with Crippen LogP contribution >= 0.6 is 0 Å². The topological polar surface area (TPSA) is 47.0 Å². The molecule has 17 heavy (non-hydrogen) atoms. The maximum Gasteiger partial charge on any atom is 0.175 e. The Balaban J connectivity index is 2.08. The van der Waals surface area contributed by atoms with Crippen molar-refractivity contribution in [3.8, 4) is 0 Å². The molecule has 0 amide bonds. The minimum absolute atomic E-state index is 0.00796. The minimum Gasteiger partial charge on any atom is -0.293 e. The highest BCUT2D eigenvalue weighted by Gasteiger charge is 2.11. The van der Waals surface area contributed by atoms with Gasteiger partial charge < -0.3 is 0 Å². The van der Waals surface area contributed by atoms with E-state index in [9.17, 15) is 9.00 Å². The van der Waals surface area contributed by atoms with Gasteiger partial charge in [0.15, 0.2) is 5.78 Å². The number of aromatic nitrogens is 1. The lowest BCUT2D eigenvalue weighted by atomic mass is 10.2. The molecule has 3 nitrogen and oxygen atoms in total. The Labute approximate surface area is 102 Å². The number of carbonyl (C=O) groups excluding carboxylic acids is 1. The number of pyridine rings is 1. The molecule has 0 bridgehead atoms. The van der Waals surface area contributed by atoms with Gasteiger partial charge in [0, 0.05) is 22.9 Å². The summed E-state index contributed by atoms with van der Waals surface area (Å²) in [6, 6.07) is 12.2. The summed E-state index contributed by atoms with van der Waals surface area (Å²) in [4.78, 5) is 16.3. The Morgan fingerprint density at radius 3 is 2.35 bits per heavy atom. The van der Waals surface area contributed by atoms with E-state index in [-0.39, 0.29) is 11.5 Å². The second kappa shape index (κ2) is 5.50. The van der Waals surface area contributed by atoms with Crippen molar-refractivity contribution in [2.75, 3.05) is 5.75 Å². The SMILES string of the molecule is O=C(CS(=O)c1ccncc1)c1ccccc1. The number of benzene rings is 1. The summed E-state index contributed by atoms with van der Waals surface area (Å²) in [5, 5.41) is 0. The quantitative estimate of drug-likeness (QED) is 0.775. The van der Waals surface area contributed by atoms with Crippen LogP contribution in [-0.4, -0.2) is 20.7 Å². The number of carbonyl (C=O) groups is 1. The van der Waals surface area contributed by atoms with Crippen LogP contribution in [0.4, 0.5) is 0 Å². The molecule has 1 aromatic heterocycles. The van der Waals surface area contributed by atoms with E-state index in [1.54, 1.807) is 48.8 Å². The second-order valence-electron chi connectivity index (χ2n) is 3.46. The van der Waals surface area contributed by atoms with Crippen LogP contribution in [0.25, 0.3) is 0 Å². The molecule has 0 N–H and O–H groups in total. The third kappa shape index (κ3) is 3.07. The number of hydrogen-bond acceptors (Lipinski definition) is 3.